The van der Waals surface area contributed by atoms with Crippen LogP contribution >= 0.6 is 11.6 Å². The number of carbonyl (C=O) groups is 1. The number of oxazole rings is 1. The summed E-state index contributed by atoms with van der Waals surface area (Å²) < 4.78 is 22.6. The molecule has 1 fully saturated rings. The van der Waals surface area contributed by atoms with Crippen molar-refractivity contribution in [2.45, 2.75) is 18.8 Å². The highest BCUT2D eigenvalue weighted by Gasteiger charge is 2.29. The van der Waals surface area contributed by atoms with E-state index in [0.29, 0.717) is 60.0 Å². The molecule has 0 spiro atoms. The Balaban J connectivity index is 1.31. The summed E-state index contributed by atoms with van der Waals surface area (Å²) >= 11 is 6.04. The molecular weight excluding hydrogens is 408 g/mol. The fourth-order valence-electron chi connectivity index (χ4n) is 4.00. The molecule has 1 saturated heterocycles. The zero-order chi connectivity index (χ0) is 20.7. The first kappa shape index (κ1) is 19.1. The summed E-state index contributed by atoms with van der Waals surface area (Å²) in [7, 11) is 1.56. The number of carbonyl (C=O) groups excluding carboxylic acids is 1. The van der Waals surface area contributed by atoms with E-state index in [0.717, 1.165) is 23.9 Å². The fourth-order valence-corrected chi connectivity index (χ4v) is 4.17. The molecule has 1 amide bonds. The number of amides is 1. The van der Waals surface area contributed by atoms with Crippen LogP contribution < -0.4 is 14.2 Å². The Morgan fingerprint density at radius 1 is 1.17 bits per heavy atom. The van der Waals surface area contributed by atoms with Crippen molar-refractivity contribution < 1.29 is 23.4 Å². The van der Waals surface area contributed by atoms with Crippen LogP contribution in [0.3, 0.4) is 0 Å². The molecule has 30 heavy (non-hydrogen) atoms. The minimum atomic E-state index is -0.0481. The van der Waals surface area contributed by atoms with E-state index in [2.05, 4.69) is 4.98 Å². The second-order valence-corrected chi connectivity index (χ2v) is 7.87. The number of hydrogen-bond acceptors (Lipinski definition) is 6. The molecule has 2 aliphatic rings. The summed E-state index contributed by atoms with van der Waals surface area (Å²) in [5.74, 6) is 2.44. The van der Waals surface area contributed by atoms with Gasteiger partial charge < -0.3 is 23.5 Å². The van der Waals surface area contributed by atoms with Crippen LogP contribution in [0.1, 0.15) is 35.0 Å². The smallest absolute Gasteiger partial charge is 0.254 e. The zero-order valence-electron chi connectivity index (χ0n) is 16.5. The van der Waals surface area contributed by atoms with E-state index in [-0.39, 0.29) is 11.8 Å². The maximum Gasteiger partial charge on any atom is 0.254 e. The Bertz CT molecular complexity index is 1090. The first-order valence-electron chi connectivity index (χ1n) is 9.95. The van der Waals surface area contributed by atoms with Gasteiger partial charge in [-0.1, -0.05) is 11.6 Å². The van der Waals surface area contributed by atoms with E-state index in [9.17, 15) is 4.79 Å². The second-order valence-electron chi connectivity index (χ2n) is 7.43. The van der Waals surface area contributed by atoms with Gasteiger partial charge in [-0.25, -0.2) is 4.98 Å². The van der Waals surface area contributed by atoms with Gasteiger partial charge in [0.15, 0.2) is 23.0 Å². The molecule has 0 atom stereocenters. The van der Waals surface area contributed by atoms with Crippen molar-refractivity contribution >= 4 is 28.6 Å². The molecule has 156 valence electrons. The molecule has 0 saturated carbocycles. The maximum atomic E-state index is 13.1. The Labute approximate surface area is 178 Å². The Morgan fingerprint density at radius 2 is 1.97 bits per heavy atom. The van der Waals surface area contributed by atoms with Gasteiger partial charge in [-0.3, -0.25) is 4.79 Å². The van der Waals surface area contributed by atoms with Crippen LogP contribution in [0.4, 0.5) is 0 Å². The van der Waals surface area contributed by atoms with E-state index in [4.69, 9.17) is 30.2 Å². The summed E-state index contributed by atoms with van der Waals surface area (Å²) in [5, 5.41) is 0.637. The van der Waals surface area contributed by atoms with Gasteiger partial charge in [0.2, 0.25) is 5.75 Å². The third kappa shape index (κ3) is 3.43. The maximum absolute atomic E-state index is 13.1. The zero-order valence-corrected chi connectivity index (χ0v) is 17.3. The number of nitrogens with zero attached hydrogens (tertiary/aromatic N) is 2. The van der Waals surface area contributed by atoms with Crippen molar-refractivity contribution in [1.82, 2.24) is 9.88 Å². The lowest BCUT2D eigenvalue weighted by molar-refractivity contribution is 0.0705. The molecule has 3 aromatic rings. The van der Waals surface area contributed by atoms with Crippen LogP contribution in [-0.4, -0.2) is 49.2 Å². The number of piperidine rings is 1. The van der Waals surface area contributed by atoms with Gasteiger partial charge in [-0.2, -0.15) is 0 Å². The molecule has 0 bridgehead atoms. The number of rotatable bonds is 3. The molecule has 1 aromatic heterocycles. The highest BCUT2D eigenvalue weighted by Crippen LogP contribution is 2.41. The topological polar surface area (TPSA) is 74.0 Å². The van der Waals surface area contributed by atoms with Crippen molar-refractivity contribution in [1.29, 1.82) is 0 Å². The third-order valence-corrected chi connectivity index (χ3v) is 5.81. The van der Waals surface area contributed by atoms with Crippen LogP contribution in [0.25, 0.3) is 11.1 Å². The lowest BCUT2D eigenvalue weighted by Gasteiger charge is -2.31. The van der Waals surface area contributed by atoms with Crippen LogP contribution in [0.15, 0.2) is 34.7 Å². The molecule has 7 nitrogen and oxygen atoms in total. The average molecular weight is 429 g/mol. The van der Waals surface area contributed by atoms with E-state index >= 15 is 0 Å². The molecule has 8 heteroatoms. The SMILES string of the molecule is COc1cc(C(=O)N2CCC(c3nc4cc(Cl)ccc4o3)CC2)cc2c1OCCO2. The molecule has 5 rings (SSSR count). The average Bonchev–Trinajstić information content (AvgIpc) is 3.21. The van der Waals surface area contributed by atoms with Crippen molar-refractivity contribution in [3.63, 3.8) is 0 Å². The molecule has 3 heterocycles. The molecule has 0 radical (unpaired) electrons. The van der Waals surface area contributed by atoms with Crippen molar-refractivity contribution in [3.05, 3.63) is 46.8 Å². The summed E-state index contributed by atoms with van der Waals surface area (Å²) in [6.45, 7) is 2.17. The summed E-state index contributed by atoms with van der Waals surface area (Å²) in [4.78, 5) is 19.5. The molecule has 0 N–H and O–H groups in total. The van der Waals surface area contributed by atoms with Gasteiger partial charge in [0.25, 0.3) is 5.91 Å². The van der Waals surface area contributed by atoms with Crippen molar-refractivity contribution in [2.24, 2.45) is 0 Å². The van der Waals surface area contributed by atoms with E-state index in [1.165, 1.54) is 0 Å². The minimum Gasteiger partial charge on any atom is -0.493 e. The molecular formula is C22H21ClN2O5. The molecule has 0 unspecified atom stereocenters. The number of hydrogen-bond donors (Lipinski definition) is 0. The first-order valence-corrected chi connectivity index (χ1v) is 10.3. The quantitative estimate of drug-likeness (QED) is 0.619. The van der Waals surface area contributed by atoms with Gasteiger partial charge in [0.05, 0.1) is 7.11 Å². The number of methoxy groups -OCH3 is 1. The lowest BCUT2D eigenvalue weighted by Crippen LogP contribution is -2.38. The van der Waals surface area contributed by atoms with E-state index in [1.54, 1.807) is 31.4 Å². The fraction of sp³-hybridized carbons (Fsp3) is 0.364. The first-order chi connectivity index (χ1) is 14.6. The number of likely N-dealkylation sites (tertiary alicyclic amines) is 1. The Hall–Kier alpha value is -2.93. The van der Waals surface area contributed by atoms with Gasteiger partial charge in [0, 0.05) is 29.6 Å². The molecule has 2 aliphatic heterocycles. The highest BCUT2D eigenvalue weighted by atomic mass is 35.5. The number of fused-ring (bicyclic) bond motifs is 2. The number of benzene rings is 2. The van der Waals surface area contributed by atoms with Crippen LogP contribution in [0.5, 0.6) is 17.2 Å². The molecule has 2 aromatic carbocycles. The van der Waals surface area contributed by atoms with Gasteiger partial charge in [0.1, 0.15) is 18.7 Å². The predicted octanol–water partition coefficient (Wildman–Crippen LogP) is 4.28. The number of halogens is 1. The second kappa shape index (κ2) is 7.72. The number of ether oxygens (including phenoxy) is 3. The van der Waals surface area contributed by atoms with Gasteiger partial charge >= 0.3 is 0 Å². The lowest BCUT2D eigenvalue weighted by atomic mass is 9.96. The standard InChI is InChI=1S/C22H21ClN2O5/c1-27-18-10-14(11-19-20(18)29-9-8-28-19)22(26)25-6-4-13(5-7-25)21-24-16-12-15(23)2-3-17(16)30-21/h2-3,10-13H,4-9H2,1H3. The monoisotopic (exact) mass is 428 g/mol. The molecule has 0 aliphatic carbocycles. The largest absolute Gasteiger partial charge is 0.493 e. The van der Waals surface area contributed by atoms with Crippen molar-refractivity contribution in [2.75, 3.05) is 33.4 Å². The van der Waals surface area contributed by atoms with Gasteiger partial charge in [-0.15, -0.1) is 0 Å². The normalized spacial score (nSPS) is 16.7. The predicted molar refractivity (Wildman–Crippen MR) is 111 cm³/mol. The Morgan fingerprint density at radius 3 is 2.77 bits per heavy atom. The van der Waals surface area contributed by atoms with Crippen molar-refractivity contribution in [3.8, 4) is 17.2 Å². The number of aromatic nitrogens is 1. The van der Waals surface area contributed by atoms with Crippen LogP contribution in [-0.2, 0) is 0 Å². The van der Waals surface area contributed by atoms with Crippen LogP contribution in [0.2, 0.25) is 5.02 Å². The summed E-state index contributed by atoms with van der Waals surface area (Å²) in [6, 6.07) is 8.88. The summed E-state index contributed by atoms with van der Waals surface area (Å²) in [6.07, 6.45) is 1.57. The third-order valence-electron chi connectivity index (χ3n) is 5.57. The van der Waals surface area contributed by atoms with E-state index in [1.807, 2.05) is 11.0 Å². The Kier molecular flexibility index (Phi) is 4.90. The summed E-state index contributed by atoms with van der Waals surface area (Å²) in [5.41, 5.74) is 2.03. The van der Waals surface area contributed by atoms with Crippen LogP contribution in [0, 0.1) is 0 Å². The minimum absolute atomic E-state index is 0.0481. The highest BCUT2D eigenvalue weighted by molar-refractivity contribution is 6.31. The van der Waals surface area contributed by atoms with Gasteiger partial charge in [-0.05, 0) is 43.2 Å². The van der Waals surface area contributed by atoms with E-state index < -0.39 is 0 Å².